The molecule has 4 bridgehead atoms. The molecule has 2 aromatic rings. The van der Waals surface area contributed by atoms with Crippen molar-refractivity contribution in [2.24, 2.45) is 62.6 Å². The second-order valence-corrected chi connectivity index (χ2v) is 20.1. The van der Waals surface area contributed by atoms with E-state index in [2.05, 4.69) is 134 Å². The Labute approximate surface area is 377 Å². The Balaban J connectivity index is 0.000000218. The van der Waals surface area contributed by atoms with Gasteiger partial charge in [0, 0.05) is 0 Å². The minimum atomic E-state index is 0. The van der Waals surface area contributed by atoms with E-state index in [1.54, 1.807) is 40.2 Å². The molecule has 9 aliphatic carbocycles. The van der Waals surface area contributed by atoms with E-state index in [0.29, 0.717) is 17.3 Å². The van der Waals surface area contributed by atoms with Crippen molar-refractivity contribution in [1.82, 2.24) is 0 Å². The standard InChI is InChI=1S/C29H37.C17H23.C6H5.CH3.CH2.2ClH.Zr/c1-18-25-22-17-19-13-9-10-14-20(19)24(22)21-15-11-12-16-23(21)29(25,8)28(6,7)27(4,5)26(18,2)3;1-11-3-4-14(5-11)17(2)15-7-12-6-13(9-15)10-16(17)8-12;1-2-4-6-5-3-1;;;;;/h9-11,13-15,23H,12,16-17H2,1-8H3;4-5,11-13,15-16H,6-10H2,1-2H3;1-5H;1H3;1H2;2*1H;/q4*-1;;;;. The molecule has 0 nitrogen and oxygen atoms in total. The molecule has 310 valence electrons. The van der Waals surface area contributed by atoms with Gasteiger partial charge < -0.3 is 7.43 Å². The van der Waals surface area contributed by atoms with Crippen molar-refractivity contribution in [2.75, 3.05) is 0 Å². The molecule has 0 heterocycles. The largest absolute Gasteiger partial charge is 0.358 e. The van der Waals surface area contributed by atoms with E-state index < -0.39 is 0 Å². The van der Waals surface area contributed by atoms with Gasteiger partial charge in [0.05, 0.1) is 0 Å². The summed E-state index contributed by atoms with van der Waals surface area (Å²) in [6.07, 6.45) is 24.4. The van der Waals surface area contributed by atoms with E-state index >= 15 is 0 Å². The normalized spacial score (nSPS) is 34.3. The van der Waals surface area contributed by atoms with Crippen LogP contribution >= 0.6 is 24.8 Å². The third-order valence-electron chi connectivity index (χ3n) is 17.8. The summed E-state index contributed by atoms with van der Waals surface area (Å²) in [4.78, 5) is 0. The molecule has 5 saturated carbocycles. The van der Waals surface area contributed by atoms with Gasteiger partial charge in [0.1, 0.15) is 0 Å². The third-order valence-corrected chi connectivity index (χ3v) is 17.8. The second kappa shape index (κ2) is 17.7. The van der Waals surface area contributed by atoms with Crippen molar-refractivity contribution in [1.29, 1.82) is 0 Å². The zero-order chi connectivity index (χ0) is 38.8. The van der Waals surface area contributed by atoms with Crippen LogP contribution in [0.25, 0.3) is 5.57 Å². The van der Waals surface area contributed by atoms with Crippen LogP contribution in [0, 0.1) is 88.1 Å². The zero-order valence-corrected chi connectivity index (χ0v) is 41.2. The molecular weight excluding hydrogens is 811 g/mol. The van der Waals surface area contributed by atoms with Gasteiger partial charge in [-0.3, -0.25) is 6.08 Å². The van der Waals surface area contributed by atoms with Crippen molar-refractivity contribution >= 4 is 34.6 Å². The van der Waals surface area contributed by atoms with Gasteiger partial charge in [-0.1, -0.05) is 139 Å². The zero-order valence-electron chi connectivity index (χ0n) is 37.2. The molecule has 3 unspecified atom stereocenters. The molecule has 3 atom stereocenters. The van der Waals surface area contributed by atoms with Crippen LogP contribution in [0.3, 0.4) is 0 Å². The molecule has 0 aliphatic heterocycles. The molecule has 0 saturated heterocycles. The summed E-state index contributed by atoms with van der Waals surface area (Å²) in [6.45, 7) is 25.1. The fraction of sp³-hybridized carbons (Fsp3) is 0.537. The summed E-state index contributed by atoms with van der Waals surface area (Å²) in [5, 5.41) is 0. The summed E-state index contributed by atoms with van der Waals surface area (Å²) < 4.78 is 3.34. The van der Waals surface area contributed by atoms with Crippen LogP contribution in [0.5, 0.6) is 0 Å². The smallest absolute Gasteiger partial charge is 0.171 e. The van der Waals surface area contributed by atoms with Gasteiger partial charge in [-0.25, -0.2) is 12.0 Å². The maximum absolute atomic E-state index is 3.49. The van der Waals surface area contributed by atoms with Crippen molar-refractivity contribution in [3.63, 3.8) is 0 Å². The van der Waals surface area contributed by atoms with Crippen LogP contribution < -0.4 is 0 Å². The van der Waals surface area contributed by atoms with E-state index in [9.17, 15) is 0 Å². The molecule has 0 spiro atoms. The first-order valence-electron chi connectivity index (χ1n) is 21.3. The Morgan fingerprint density at radius 1 is 0.789 bits per heavy atom. The summed E-state index contributed by atoms with van der Waals surface area (Å²) in [5.74, 6) is 6.92. The van der Waals surface area contributed by atoms with Crippen LogP contribution in [0.1, 0.15) is 125 Å². The Kier molecular flexibility index (Phi) is 14.9. The first-order valence-corrected chi connectivity index (χ1v) is 23.0. The predicted octanol–water partition coefficient (Wildman–Crippen LogP) is 15.1. The van der Waals surface area contributed by atoms with Crippen LogP contribution in [-0.4, -0.2) is 4.21 Å². The van der Waals surface area contributed by atoms with Crippen LogP contribution in [0.2, 0.25) is 0 Å². The van der Waals surface area contributed by atoms with Crippen molar-refractivity contribution < 1.29 is 24.2 Å². The van der Waals surface area contributed by atoms with E-state index in [-0.39, 0.29) is 53.9 Å². The number of hydrogen-bond donors (Lipinski definition) is 0. The first kappa shape index (κ1) is 48.0. The minimum absolute atomic E-state index is 0. The topological polar surface area (TPSA) is 0 Å². The molecular formula is C54H72Cl2Zr-4. The average Bonchev–Trinajstić information content (AvgIpc) is 3.79. The molecule has 3 heteroatoms. The van der Waals surface area contributed by atoms with Crippen LogP contribution in [0.15, 0.2) is 101 Å². The summed E-state index contributed by atoms with van der Waals surface area (Å²) in [5.41, 5.74) is 12.4. The number of allylic oxidation sites excluding steroid dienone is 10. The predicted molar refractivity (Wildman–Crippen MR) is 248 cm³/mol. The maximum atomic E-state index is 3.49. The van der Waals surface area contributed by atoms with Gasteiger partial charge in [-0.2, -0.15) is 59.2 Å². The van der Waals surface area contributed by atoms with Gasteiger partial charge in [-0.05, 0) is 96.3 Å². The fourth-order valence-corrected chi connectivity index (χ4v) is 13.5. The Morgan fingerprint density at radius 3 is 1.91 bits per heavy atom. The quantitative estimate of drug-likeness (QED) is 0.250. The average molecular weight is 883 g/mol. The van der Waals surface area contributed by atoms with Gasteiger partial charge in [0.25, 0.3) is 0 Å². The van der Waals surface area contributed by atoms with Crippen LogP contribution in [-0.2, 0) is 30.7 Å². The summed E-state index contributed by atoms with van der Waals surface area (Å²) in [6, 6.07) is 21.7. The monoisotopic (exact) mass is 880 g/mol. The molecule has 0 radical (unpaired) electrons. The molecule has 5 fully saturated rings. The Morgan fingerprint density at radius 2 is 1.39 bits per heavy atom. The van der Waals surface area contributed by atoms with Gasteiger partial charge in [0.15, 0.2) is 0 Å². The molecule has 9 aliphatic rings. The second-order valence-electron chi connectivity index (χ2n) is 20.1. The van der Waals surface area contributed by atoms with Crippen molar-refractivity contribution in [2.45, 2.75) is 121 Å². The Hall–Kier alpha value is -1.66. The van der Waals surface area contributed by atoms with Gasteiger partial charge in [0.2, 0.25) is 0 Å². The number of rotatable bonds is 1. The van der Waals surface area contributed by atoms with E-state index in [4.69, 9.17) is 0 Å². The molecule has 57 heavy (non-hydrogen) atoms. The summed E-state index contributed by atoms with van der Waals surface area (Å²) in [7, 11) is 0. The van der Waals surface area contributed by atoms with Crippen molar-refractivity contribution in [3.8, 4) is 0 Å². The maximum Gasteiger partial charge on any atom is -0.171 e. The van der Waals surface area contributed by atoms with Gasteiger partial charge >= 0.3 is 28.4 Å². The Bertz CT molecular complexity index is 1830. The van der Waals surface area contributed by atoms with E-state index in [0.717, 1.165) is 30.1 Å². The molecule has 2 aromatic carbocycles. The number of benzene rings is 2. The molecule has 11 rings (SSSR count). The van der Waals surface area contributed by atoms with Crippen LogP contribution in [0.4, 0.5) is 0 Å². The number of halogens is 2. The summed E-state index contributed by atoms with van der Waals surface area (Å²) >= 11 is 1.30. The first-order chi connectivity index (χ1) is 25.6. The van der Waals surface area contributed by atoms with E-state index in [1.807, 2.05) is 30.3 Å². The minimum Gasteiger partial charge on any atom is -0.358 e. The number of hydrogen-bond acceptors (Lipinski definition) is 0. The SMILES string of the molecule is CC1[C-]=CC(C2(C)C3CC4CC(C3)CC2C4)=C1.C[C-]1C2=C3Cc4ccccc4C3=C3C=CCCC3C2(C)C(C)(C)C(C)(C)C1(C)C.Cl.Cl.[CH2]=[Zr].[CH3-].[c-]1ccccc1. The fourth-order valence-electron chi connectivity index (χ4n) is 13.5. The molecule has 0 aromatic heterocycles. The molecule has 0 amide bonds. The number of fused-ring (bicyclic) bond motifs is 6. The van der Waals surface area contributed by atoms with E-state index in [1.165, 1.54) is 73.9 Å². The molecule has 0 N–H and O–H groups in total. The van der Waals surface area contributed by atoms with Gasteiger partial charge in [-0.15, -0.1) is 31.7 Å². The third kappa shape index (κ3) is 7.35. The van der Waals surface area contributed by atoms with Crippen molar-refractivity contribution in [3.05, 3.63) is 138 Å².